The minimum Gasteiger partial charge on any atom is -0.492 e. The molecule has 3 aromatic rings. The van der Waals surface area contributed by atoms with Crippen LogP contribution >= 0.6 is 23.2 Å². The number of benzene rings is 3. The Hall–Kier alpha value is -3.12. The van der Waals surface area contributed by atoms with Gasteiger partial charge in [0.05, 0.1) is 7.11 Å². The van der Waals surface area contributed by atoms with Gasteiger partial charge < -0.3 is 19.2 Å². The van der Waals surface area contributed by atoms with E-state index < -0.39 is 0 Å². The molecule has 7 heteroatoms. The van der Waals surface area contributed by atoms with E-state index in [0.29, 0.717) is 29.5 Å². The summed E-state index contributed by atoms with van der Waals surface area (Å²) < 4.78 is 10.9. The van der Waals surface area contributed by atoms with E-state index >= 15 is 0 Å². The van der Waals surface area contributed by atoms with Gasteiger partial charge in [-0.15, -0.1) is 0 Å². The average Bonchev–Trinajstić information content (AvgIpc) is 2.94. The predicted molar refractivity (Wildman–Crippen MR) is 163 cm³/mol. The molecular weight excluding hydrogens is 545 g/mol. The summed E-state index contributed by atoms with van der Waals surface area (Å²) in [4.78, 5) is 25.4. The second kappa shape index (κ2) is 16.2. The first-order chi connectivity index (χ1) is 19.2. The van der Waals surface area contributed by atoms with Crippen molar-refractivity contribution in [2.24, 2.45) is 0 Å². The molecule has 0 heterocycles. The number of hydrogen-bond acceptors (Lipinski definition) is 5. The summed E-state index contributed by atoms with van der Waals surface area (Å²) in [6.07, 6.45) is 4.37. The minimum atomic E-state index is -0.388. The Kier molecular flexibility index (Phi) is 12.7. The molecule has 3 aromatic carbocycles. The van der Waals surface area contributed by atoms with Crippen LogP contribution in [0.2, 0.25) is 10.0 Å². The average molecular weight is 583 g/mol. The van der Waals surface area contributed by atoms with Gasteiger partial charge in [0.1, 0.15) is 18.1 Å². The molecular formula is C33H37Cl2NO4. The maximum atomic E-state index is 11.9. The van der Waals surface area contributed by atoms with Crippen LogP contribution in [-0.2, 0) is 14.3 Å². The fraction of sp³-hybridized carbons (Fsp3) is 0.333. The second-order valence-electron chi connectivity index (χ2n) is 9.89. The lowest BCUT2D eigenvalue weighted by atomic mass is 9.91. The SMILES string of the molecule is COC(=O)/C=C(\CCCCC(C)=O)c1ccc(OCCN(C)CC(c2ccc(Cl)cc2)c2ccc(Cl)cc2)cc1. The Morgan fingerprint density at radius 1 is 0.850 bits per heavy atom. The lowest BCUT2D eigenvalue weighted by Gasteiger charge is -2.25. The molecule has 0 atom stereocenters. The number of Topliss-reactive ketones (excluding diaryl/α,β-unsaturated/α-hetero) is 1. The molecule has 0 fully saturated rings. The smallest absolute Gasteiger partial charge is 0.330 e. The van der Waals surface area contributed by atoms with Gasteiger partial charge in [-0.2, -0.15) is 0 Å². The molecule has 0 radical (unpaired) electrons. The molecule has 0 spiro atoms. The third kappa shape index (κ3) is 10.5. The fourth-order valence-electron chi connectivity index (χ4n) is 4.47. The van der Waals surface area contributed by atoms with Crippen LogP contribution in [0.5, 0.6) is 5.75 Å². The number of nitrogens with zero attached hydrogens (tertiary/aromatic N) is 1. The van der Waals surface area contributed by atoms with Crippen LogP contribution in [0.1, 0.15) is 55.2 Å². The van der Waals surface area contributed by atoms with Crippen LogP contribution in [0.3, 0.4) is 0 Å². The highest BCUT2D eigenvalue weighted by Gasteiger charge is 2.17. The first kappa shape index (κ1) is 31.4. The van der Waals surface area contributed by atoms with Gasteiger partial charge in [-0.05, 0) is 91.9 Å². The number of allylic oxidation sites excluding steroid dienone is 1. The first-order valence-electron chi connectivity index (χ1n) is 13.5. The highest BCUT2D eigenvalue weighted by atomic mass is 35.5. The molecule has 40 heavy (non-hydrogen) atoms. The number of carbonyl (C=O) groups is 2. The normalized spacial score (nSPS) is 11.6. The van der Waals surface area contributed by atoms with E-state index in [0.717, 1.165) is 42.8 Å². The predicted octanol–water partition coefficient (Wildman–Crippen LogP) is 7.84. The van der Waals surface area contributed by atoms with Crippen molar-refractivity contribution < 1.29 is 19.1 Å². The van der Waals surface area contributed by atoms with Gasteiger partial charge in [-0.25, -0.2) is 4.79 Å². The zero-order valence-corrected chi connectivity index (χ0v) is 24.9. The lowest BCUT2D eigenvalue weighted by molar-refractivity contribution is -0.134. The molecule has 3 rings (SSSR count). The lowest BCUT2D eigenvalue weighted by Crippen LogP contribution is -2.29. The van der Waals surface area contributed by atoms with Crippen LogP contribution in [0, 0.1) is 0 Å². The number of carbonyl (C=O) groups excluding carboxylic acids is 2. The van der Waals surface area contributed by atoms with E-state index in [4.69, 9.17) is 32.7 Å². The standard InChI is InChI=1S/C33H37Cl2NO4/c1-24(37)6-4-5-7-28(22-33(38)39-3)25-12-18-31(19-13-25)40-21-20-36(2)23-32(26-8-14-29(34)15-9-26)27-10-16-30(35)17-11-27/h8-19,22,32H,4-7,20-21,23H2,1-3H3/b28-22+. The molecule has 0 aliphatic carbocycles. The number of unbranched alkanes of at least 4 members (excludes halogenated alkanes) is 1. The fourth-order valence-corrected chi connectivity index (χ4v) is 4.72. The van der Waals surface area contributed by atoms with Gasteiger partial charge in [0.15, 0.2) is 0 Å². The molecule has 0 aromatic heterocycles. The number of likely N-dealkylation sites (N-methyl/N-ethyl adjacent to an activating group) is 1. The quantitative estimate of drug-likeness (QED) is 0.104. The van der Waals surface area contributed by atoms with Crippen molar-refractivity contribution in [2.45, 2.75) is 38.5 Å². The number of halogens is 2. The molecule has 0 saturated carbocycles. The van der Waals surface area contributed by atoms with Crippen LogP contribution in [0.4, 0.5) is 0 Å². The van der Waals surface area contributed by atoms with Gasteiger partial charge >= 0.3 is 5.97 Å². The minimum absolute atomic E-state index is 0.161. The van der Waals surface area contributed by atoms with E-state index in [1.165, 1.54) is 24.3 Å². The van der Waals surface area contributed by atoms with Gasteiger partial charge in [-0.3, -0.25) is 0 Å². The van der Waals surface area contributed by atoms with Crippen LogP contribution in [0.15, 0.2) is 78.9 Å². The van der Waals surface area contributed by atoms with Crippen molar-refractivity contribution in [1.29, 1.82) is 0 Å². The molecule has 0 N–H and O–H groups in total. The summed E-state index contributed by atoms with van der Waals surface area (Å²) in [6.45, 7) is 3.67. The first-order valence-corrected chi connectivity index (χ1v) is 14.2. The summed E-state index contributed by atoms with van der Waals surface area (Å²) in [5, 5.41) is 1.43. The summed E-state index contributed by atoms with van der Waals surface area (Å²) in [5.41, 5.74) is 4.20. The summed E-state index contributed by atoms with van der Waals surface area (Å²) >= 11 is 12.3. The van der Waals surface area contributed by atoms with Gasteiger partial charge in [0.2, 0.25) is 0 Å². The maximum Gasteiger partial charge on any atom is 0.330 e. The third-order valence-corrected chi connectivity index (χ3v) is 7.23. The highest BCUT2D eigenvalue weighted by molar-refractivity contribution is 6.30. The molecule has 0 bridgehead atoms. The van der Waals surface area contributed by atoms with Crippen LogP contribution < -0.4 is 4.74 Å². The number of rotatable bonds is 15. The molecule has 212 valence electrons. The van der Waals surface area contributed by atoms with E-state index in [1.54, 1.807) is 6.92 Å². The summed E-state index contributed by atoms with van der Waals surface area (Å²) in [5.74, 6) is 0.712. The molecule has 0 saturated heterocycles. The topological polar surface area (TPSA) is 55.8 Å². The van der Waals surface area contributed by atoms with E-state index in [1.807, 2.05) is 48.5 Å². The monoisotopic (exact) mass is 581 g/mol. The zero-order chi connectivity index (χ0) is 28.9. The molecule has 0 unspecified atom stereocenters. The van der Waals surface area contributed by atoms with Crippen molar-refractivity contribution in [3.8, 4) is 5.75 Å². The Balaban J connectivity index is 1.58. The molecule has 0 aliphatic heterocycles. The number of ether oxygens (including phenoxy) is 2. The third-order valence-electron chi connectivity index (χ3n) is 6.72. The van der Waals surface area contributed by atoms with E-state index in [2.05, 4.69) is 36.2 Å². The number of ketones is 1. The maximum absolute atomic E-state index is 11.9. The van der Waals surface area contributed by atoms with Crippen LogP contribution in [-0.4, -0.2) is 50.5 Å². The van der Waals surface area contributed by atoms with Gasteiger partial charge in [0.25, 0.3) is 0 Å². The van der Waals surface area contributed by atoms with Crippen molar-refractivity contribution >= 4 is 40.5 Å². The molecule has 0 amide bonds. The van der Waals surface area contributed by atoms with E-state index in [-0.39, 0.29) is 17.7 Å². The van der Waals surface area contributed by atoms with Gasteiger partial charge in [0, 0.05) is 41.5 Å². The Morgan fingerprint density at radius 3 is 1.93 bits per heavy atom. The molecule has 5 nitrogen and oxygen atoms in total. The Labute approximate surface area is 247 Å². The zero-order valence-electron chi connectivity index (χ0n) is 23.4. The van der Waals surface area contributed by atoms with Gasteiger partial charge in [-0.1, -0.05) is 59.6 Å². The van der Waals surface area contributed by atoms with Crippen molar-refractivity contribution in [3.05, 3.63) is 106 Å². The Morgan fingerprint density at radius 2 is 1.40 bits per heavy atom. The largest absolute Gasteiger partial charge is 0.492 e. The summed E-state index contributed by atoms with van der Waals surface area (Å²) in [6, 6.07) is 23.7. The second-order valence-corrected chi connectivity index (χ2v) is 10.8. The summed E-state index contributed by atoms with van der Waals surface area (Å²) in [7, 11) is 3.45. The number of hydrogen-bond donors (Lipinski definition) is 0. The number of methoxy groups -OCH3 is 1. The van der Waals surface area contributed by atoms with Crippen molar-refractivity contribution in [1.82, 2.24) is 4.90 Å². The number of esters is 1. The Bertz CT molecular complexity index is 1210. The highest BCUT2D eigenvalue weighted by Crippen LogP contribution is 2.28. The van der Waals surface area contributed by atoms with Crippen molar-refractivity contribution in [3.63, 3.8) is 0 Å². The molecule has 0 aliphatic rings. The van der Waals surface area contributed by atoms with Crippen LogP contribution in [0.25, 0.3) is 5.57 Å². The van der Waals surface area contributed by atoms with Crippen molar-refractivity contribution in [2.75, 3.05) is 33.9 Å². The van der Waals surface area contributed by atoms with E-state index in [9.17, 15) is 9.59 Å².